The van der Waals surface area contributed by atoms with Gasteiger partial charge in [-0.1, -0.05) is 5.16 Å². The van der Waals surface area contributed by atoms with Crippen molar-refractivity contribution in [2.45, 2.75) is 44.6 Å². The Morgan fingerprint density at radius 2 is 2.22 bits per heavy atom. The van der Waals surface area contributed by atoms with Crippen LogP contribution in [0.2, 0.25) is 0 Å². The number of sulfonamides is 1. The summed E-state index contributed by atoms with van der Waals surface area (Å²) in [7, 11) is -3.85. The van der Waals surface area contributed by atoms with Crippen molar-refractivity contribution in [2.24, 2.45) is 5.92 Å². The number of amides is 1. The Hall–Kier alpha value is -1.45. The van der Waals surface area contributed by atoms with Gasteiger partial charge in [0, 0.05) is 6.54 Å². The van der Waals surface area contributed by atoms with E-state index in [1.54, 1.807) is 6.92 Å². The minimum absolute atomic E-state index is 0.00590. The van der Waals surface area contributed by atoms with Gasteiger partial charge in [-0.2, -0.15) is 4.72 Å². The lowest BCUT2D eigenvalue weighted by Crippen LogP contribution is -2.47. The molecule has 130 valence electrons. The van der Waals surface area contributed by atoms with Gasteiger partial charge in [-0.3, -0.25) is 4.79 Å². The molecule has 23 heavy (non-hydrogen) atoms. The van der Waals surface area contributed by atoms with Gasteiger partial charge in [0.2, 0.25) is 15.9 Å². The first-order valence-electron chi connectivity index (χ1n) is 7.75. The molecule has 0 aromatic carbocycles. The van der Waals surface area contributed by atoms with E-state index in [0.29, 0.717) is 12.5 Å². The van der Waals surface area contributed by atoms with Crippen molar-refractivity contribution in [1.29, 1.82) is 0 Å². The normalized spacial score (nSPS) is 20.2. The zero-order chi connectivity index (χ0) is 17.0. The summed E-state index contributed by atoms with van der Waals surface area (Å²) in [6, 6.07) is -0.870. The zero-order valence-electron chi connectivity index (χ0n) is 13.7. The molecule has 9 heteroatoms. The average Bonchev–Trinajstić information content (AvgIpc) is 2.85. The zero-order valence-corrected chi connectivity index (χ0v) is 14.5. The second kappa shape index (κ2) is 7.41. The molecule has 1 aromatic rings. The first-order valence-corrected chi connectivity index (χ1v) is 9.23. The first-order chi connectivity index (χ1) is 10.8. The molecule has 0 bridgehead atoms. The van der Waals surface area contributed by atoms with Crippen molar-refractivity contribution in [3.8, 4) is 0 Å². The Kier molecular flexibility index (Phi) is 5.77. The Labute approximate surface area is 136 Å². The van der Waals surface area contributed by atoms with Crippen molar-refractivity contribution in [2.75, 3.05) is 19.6 Å². The highest BCUT2D eigenvalue weighted by molar-refractivity contribution is 7.89. The molecule has 0 radical (unpaired) electrons. The van der Waals surface area contributed by atoms with Gasteiger partial charge in [0.05, 0.1) is 6.04 Å². The van der Waals surface area contributed by atoms with Crippen LogP contribution in [0.25, 0.3) is 0 Å². The molecule has 2 unspecified atom stereocenters. The summed E-state index contributed by atoms with van der Waals surface area (Å²) in [4.78, 5) is 12.1. The van der Waals surface area contributed by atoms with Crippen molar-refractivity contribution >= 4 is 15.9 Å². The quantitative estimate of drug-likeness (QED) is 0.673. The molecule has 0 saturated carbocycles. The number of nitrogens with one attached hydrogen (secondary N) is 3. The lowest BCUT2D eigenvalue weighted by molar-refractivity contribution is -0.122. The molecule has 2 atom stereocenters. The molecule has 0 aliphatic carbocycles. The number of hydrogen-bond acceptors (Lipinski definition) is 6. The predicted molar refractivity (Wildman–Crippen MR) is 84.4 cm³/mol. The summed E-state index contributed by atoms with van der Waals surface area (Å²) >= 11 is 0. The number of piperidine rings is 1. The van der Waals surface area contributed by atoms with Crippen molar-refractivity contribution < 1.29 is 17.7 Å². The number of aryl methyl sites for hydroxylation is 2. The van der Waals surface area contributed by atoms with Crippen LogP contribution in [0.4, 0.5) is 0 Å². The van der Waals surface area contributed by atoms with Gasteiger partial charge in [0.25, 0.3) is 0 Å². The van der Waals surface area contributed by atoms with Crippen LogP contribution in [0, 0.1) is 19.8 Å². The summed E-state index contributed by atoms with van der Waals surface area (Å²) in [5.41, 5.74) is 0.274. The first kappa shape index (κ1) is 17.9. The van der Waals surface area contributed by atoms with E-state index in [4.69, 9.17) is 4.52 Å². The van der Waals surface area contributed by atoms with E-state index in [1.807, 2.05) is 0 Å². The number of hydrogen-bond donors (Lipinski definition) is 3. The number of rotatable bonds is 6. The highest BCUT2D eigenvalue weighted by atomic mass is 32.2. The maximum absolute atomic E-state index is 12.4. The molecule has 2 heterocycles. The number of aromatic nitrogens is 1. The number of nitrogens with zero attached hydrogens (tertiary/aromatic N) is 1. The summed E-state index contributed by atoms with van der Waals surface area (Å²) in [5.74, 6) is 0.251. The third kappa shape index (κ3) is 4.52. The Balaban J connectivity index is 1.92. The maximum atomic E-state index is 12.4. The maximum Gasteiger partial charge on any atom is 0.246 e. The fraction of sp³-hybridized carbons (Fsp3) is 0.714. The third-order valence-electron chi connectivity index (χ3n) is 3.93. The highest BCUT2D eigenvalue weighted by Crippen LogP contribution is 2.18. The number of carbonyl (C=O) groups excluding carboxylic acids is 1. The molecule has 1 aliphatic rings. The Morgan fingerprint density at radius 3 is 2.78 bits per heavy atom. The fourth-order valence-corrected chi connectivity index (χ4v) is 4.23. The Morgan fingerprint density at radius 1 is 1.48 bits per heavy atom. The van der Waals surface area contributed by atoms with Crippen LogP contribution < -0.4 is 15.4 Å². The minimum atomic E-state index is -3.85. The molecule has 2 rings (SSSR count). The van der Waals surface area contributed by atoms with Crippen LogP contribution in [0.1, 0.15) is 31.2 Å². The van der Waals surface area contributed by atoms with Crippen LogP contribution >= 0.6 is 0 Å². The van der Waals surface area contributed by atoms with Gasteiger partial charge >= 0.3 is 0 Å². The van der Waals surface area contributed by atoms with E-state index in [-0.39, 0.29) is 22.3 Å². The monoisotopic (exact) mass is 344 g/mol. The second-order valence-electron chi connectivity index (χ2n) is 5.95. The van der Waals surface area contributed by atoms with Gasteiger partial charge in [-0.25, -0.2) is 8.42 Å². The second-order valence-corrected chi connectivity index (χ2v) is 7.60. The number of carbonyl (C=O) groups is 1. The standard InChI is InChI=1S/C14H24N4O4S/c1-9-13(11(3)22-17-9)23(20,21)18-10(2)14(19)16-8-12-5-4-6-15-7-12/h10,12,15,18H,4-8H2,1-3H3,(H,16,19). The van der Waals surface area contributed by atoms with Gasteiger partial charge in [0.15, 0.2) is 5.76 Å². The Bertz CT molecular complexity index is 630. The van der Waals surface area contributed by atoms with Gasteiger partial charge in [0.1, 0.15) is 10.6 Å². The van der Waals surface area contributed by atoms with Crippen LogP contribution in [0.5, 0.6) is 0 Å². The lowest BCUT2D eigenvalue weighted by Gasteiger charge is -2.23. The molecule has 1 saturated heterocycles. The largest absolute Gasteiger partial charge is 0.360 e. The molecule has 8 nitrogen and oxygen atoms in total. The van der Waals surface area contributed by atoms with Crippen LogP contribution in [0.3, 0.4) is 0 Å². The molecule has 1 aromatic heterocycles. The molecule has 0 spiro atoms. The molecule has 1 aliphatic heterocycles. The molecular weight excluding hydrogens is 320 g/mol. The van der Waals surface area contributed by atoms with E-state index in [2.05, 4.69) is 20.5 Å². The predicted octanol–water partition coefficient (Wildman–Crippen LogP) is 0.0740. The minimum Gasteiger partial charge on any atom is -0.360 e. The van der Waals surface area contributed by atoms with E-state index in [0.717, 1.165) is 25.9 Å². The van der Waals surface area contributed by atoms with E-state index < -0.39 is 16.1 Å². The molecule has 1 amide bonds. The van der Waals surface area contributed by atoms with E-state index >= 15 is 0 Å². The molecule has 1 fully saturated rings. The van der Waals surface area contributed by atoms with E-state index in [1.165, 1.54) is 13.8 Å². The van der Waals surface area contributed by atoms with Gasteiger partial charge in [-0.15, -0.1) is 0 Å². The van der Waals surface area contributed by atoms with Crippen molar-refractivity contribution in [3.63, 3.8) is 0 Å². The summed E-state index contributed by atoms with van der Waals surface area (Å²) in [5, 5.41) is 9.71. The molecule has 3 N–H and O–H groups in total. The SMILES string of the molecule is Cc1noc(C)c1S(=O)(=O)NC(C)C(=O)NCC1CCCNC1. The van der Waals surface area contributed by atoms with Gasteiger partial charge < -0.3 is 15.2 Å². The highest BCUT2D eigenvalue weighted by Gasteiger charge is 2.28. The average molecular weight is 344 g/mol. The van der Waals surface area contributed by atoms with Crippen molar-refractivity contribution in [1.82, 2.24) is 20.5 Å². The van der Waals surface area contributed by atoms with Crippen molar-refractivity contribution in [3.05, 3.63) is 11.5 Å². The van der Waals surface area contributed by atoms with Crippen LogP contribution in [-0.2, 0) is 14.8 Å². The third-order valence-corrected chi connectivity index (χ3v) is 5.71. The van der Waals surface area contributed by atoms with Gasteiger partial charge in [-0.05, 0) is 52.6 Å². The van der Waals surface area contributed by atoms with E-state index in [9.17, 15) is 13.2 Å². The summed E-state index contributed by atoms with van der Waals surface area (Å²) in [6.07, 6.45) is 2.15. The fourth-order valence-electron chi connectivity index (χ4n) is 2.70. The summed E-state index contributed by atoms with van der Waals surface area (Å²) in [6.45, 7) is 7.02. The molecular formula is C14H24N4O4S. The lowest BCUT2D eigenvalue weighted by atomic mass is 10.00. The topological polar surface area (TPSA) is 113 Å². The van der Waals surface area contributed by atoms with Crippen LogP contribution in [-0.4, -0.2) is 45.2 Å². The van der Waals surface area contributed by atoms with Crippen LogP contribution in [0.15, 0.2) is 9.42 Å². The summed E-state index contributed by atoms with van der Waals surface area (Å²) < 4.78 is 32.0. The smallest absolute Gasteiger partial charge is 0.246 e.